The Labute approximate surface area is 176 Å². The van der Waals surface area contributed by atoms with Gasteiger partial charge in [-0.1, -0.05) is 97.0 Å². The van der Waals surface area contributed by atoms with Crippen LogP contribution in [0.15, 0.2) is 12.2 Å². The predicted molar refractivity (Wildman–Crippen MR) is 122 cm³/mol. The van der Waals surface area contributed by atoms with E-state index in [1.54, 1.807) is 6.92 Å². The van der Waals surface area contributed by atoms with Crippen LogP contribution in [0.5, 0.6) is 0 Å². The molecule has 0 fully saturated rings. The van der Waals surface area contributed by atoms with Crippen LogP contribution in [0, 0.1) is 0 Å². The Balaban J connectivity index is 3.49. The maximum absolute atomic E-state index is 11.7. The SMILES string of the molecule is C=C(C)C(=O)OC(C)[N+](C)(C)CCCCCCCCCCCCCCCCC. The summed E-state index contributed by atoms with van der Waals surface area (Å²) in [6.45, 7) is 10.7. The first-order chi connectivity index (χ1) is 13.3. The van der Waals surface area contributed by atoms with Crippen molar-refractivity contribution < 1.29 is 14.0 Å². The number of rotatable bonds is 19. The second-order valence-electron chi connectivity index (χ2n) is 9.24. The topological polar surface area (TPSA) is 26.3 Å². The molecule has 0 heterocycles. The standard InChI is InChI=1S/C25H50NO2/c1-7-8-9-10-11-12-13-14-15-16-17-18-19-20-21-22-26(5,6)24(4)28-25(27)23(2)3/h24H,2,7-22H2,1,3-6H3/q+1. The first-order valence-electron chi connectivity index (χ1n) is 12.0. The Morgan fingerprint density at radius 1 is 0.786 bits per heavy atom. The third-order valence-electron chi connectivity index (χ3n) is 5.95. The zero-order chi connectivity index (χ0) is 21.3. The van der Waals surface area contributed by atoms with Crippen molar-refractivity contribution >= 4 is 5.97 Å². The monoisotopic (exact) mass is 396 g/mol. The van der Waals surface area contributed by atoms with Gasteiger partial charge in [-0.05, 0) is 19.8 Å². The molecule has 0 aliphatic heterocycles. The maximum Gasteiger partial charge on any atom is 0.337 e. The minimum atomic E-state index is -0.282. The predicted octanol–water partition coefficient (Wildman–Crippen LogP) is 7.40. The summed E-state index contributed by atoms with van der Waals surface area (Å²) in [7, 11) is 4.28. The maximum atomic E-state index is 11.7. The quantitative estimate of drug-likeness (QED) is 0.0747. The van der Waals surface area contributed by atoms with Crippen LogP contribution in [-0.4, -0.2) is 37.3 Å². The van der Waals surface area contributed by atoms with Crippen LogP contribution < -0.4 is 0 Å². The number of nitrogens with zero attached hydrogens (tertiary/aromatic N) is 1. The summed E-state index contributed by atoms with van der Waals surface area (Å²) in [5.41, 5.74) is 0.471. The van der Waals surface area contributed by atoms with Crippen molar-refractivity contribution in [3.8, 4) is 0 Å². The fourth-order valence-electron chi connectivity index (χ4n) is 3.47. The second kappa shape index (κ2) is 17.1. The molecule has 0 spiro atoms. The minimum Gasteiger partial charge on any atom is -0.409 e. The summed E-state index contributed by atoms with van der Waals surface area (Å²) in [4.78, 5) is 11.7. The molecule has 0 saturated carbocycles. The fourth-order valence-corrected chi connectivity index (χ4v) is 3.47. The zero-order valence-electron chi connectivity index (χ0n) is 19.9. The highest BCUT2D eigenvalue weighted by atomic mass is 16.6. The van der Waals surface area contributed by atoms with Gasteiger partial charge in [-0.25, -0.2) is 4.79 Å². The number of esters is 1. The van der Waals surface area contributed by atoms with Gasteiger partial charge in [0.05, 0.1) is 20.6 Å². The lowest BCUT2D eigenvalue weighted by molar-refractivity contribution is -0.932. The minimum absolute atomic E-state index is 0.129. The Morgan fingerprint density at radius 3 is 1.50 bits per heavy atom. The van der Waals surface area contributed by atoms with Gasteiger partial charge in [0, 0.05) is 12.5 Å². The number of hydrogen-bond donors (Lipinski definition) is 0. The van der Waals surface area contributed by atoms with Crippen LogP contribution in [0.25, 0.3) is 0 Å². The van der Waals surface area contributed by atoms with E-state index < -0.39 is 0 Å². The van der Waals surface area contributed by atoms with Crippen molar-refractivity contribution in [2.45, 2.75) is 123 Å². The molecule has 0 aromatic heterocycles. The first-order valence-corrected chi connectivity index (χ1v) is 12.0. The van der Waals surface area contributed by atoms with Crippen LogP contribution in [0.3, 0.4) is 0 Å². The van der Waals surface area contributed by atoms with Crippen LogP contribution in [0.1, 0.15) is 117 Å². The summed E-state index contributed by atoms with van der Waals surface area (Å²) in [6, 6.07) is 0. The first kappa shape index (κ1) is 27.2. The molecule has 0 aromatic rings. The highest BCUT2D eigenvalue weighted by Gasteiger charge is 2.26. The van der Waals surface area contributed by atoms with E-state index in [1.165, 1.54) is 96.3 Å². The van der Waals surface area contributed by atoms with Crippen LogP contribution in [0.2, 0.25) is 0 Å². The molecule has 28 heavy (non-hydrogen) atoms. The Bertz CT molecular complexity index is 403. The molecule has 0 amide bonds. The van der Waals surface area contributed by atoms with E-state index in [4.69, 9.17) is 4.74 Å². The van der Waals surface area contributed by atoms with Gasteiger partial charge >= 0.3 is 5.97 Å². The highest BCUT2D eigenvalue weighted by Crippen LogP contribution is 2.15. The van der Waals surface area contributed by atoms with Gasteiger partial charge in [-0.15, -0.1) is 0 Å². The lowest BCUT2D eigenvalue weighted by Crippen LogP contribution is -2.50. The molecule has 3 nitrogen and oxygen atoms in total. The molecule has 3 heteroatoms. The van der Waals surface area contributed by atoms with E-state index >= 15 is 0 Å². The van der Waals surface area contributed by atoms with Crippen molar-refractivity contribution in [3.63, 3.8) is 0 Å². The van der Waals surface area contributed by atoms with Crippen molar-refractivity contribution in [2.24, 2.45) is 0 Å². The van der Waals surface area contributed by atoms with Gasteiger partial charge in [0.15, 0.2) is 0 Å². The molecule has 1 unspecified atom stereocenters. The number of carbonyl (C=O) groups excluding carboxylic acids is 1. The molecule has 0 aliphatic carbocycles. The van der Waals surface area contributed by atoms with E-state index in [9.17, 15) is 4.79 Å². The van der Waals surface area contributed by atoms with Gasteiger partial charge in [0.1, 0.15) is 0 Å². The number of ether oxygens (including phenoxy) is 1. The summed E-state index contributed by atoms with van der Waals surface area (Å²) < 4.78 is 6.20. The second-order valence-corrected chi connectivity index (χ2v) is 9.24. The fraction of sp³-hybridized carbons (Fsp3) is 0.880. The van der Waals surface area contributed by atoms with Crippen molar-refractivity contribution in [1.82, 2.24) is 0 Å². The van der Waals surface area contributed by atoms with Crippen molar-refractivity contribution in [2.75, 3.05) is 20.6 Å². The van der Waals surface area contributed by atoms with Crippen LogP contribution >= 0.6 is 0 Å². The average Bonchev–Trinajstić information content (AvgIpc) is 2.64. The molecule has 0 rings (SSSR count). The highest BCUT2D eigenvalue weighted by molar-refractivity contribution is 5.86. The van der Waals surface area contributed by atoms with Gasteiger partial charge < -0.3 is 4.74 Å². The van der Waals surface area contributed by atoms with E-state index in [-0.39, 0.29) is 12.2 Å². The third kappa shape index (κ3) is 15.1. The van der Waals surface area contributed by atoms with Crippen molar-refractivity contribution in [3.05, 3.63) is 12.2 Å². The number of hydrogen-bond acceptors (Lipinski definition) is 2. The van der Waals surface area contributed by atoms with E-state index in [0.717, 1.165) is 11.0 Å². The summed E-state index contributed by atoms with van der Waals surface area (Å²) >= 11 is 0. The largest absolute Gasteiger partial charge is 0.409 e. The number of carbonyl (C=O) groups is 1. The Morgan fingerprint density at radius 2 is 1.14 bits per heavy atom. The van der Waals surface area contributed by atoms with E-state index in [0.29, 0.717) is 5.57 Å². The molecule has 0 bridgehead atoms. The Kier molecular flexibility index (Phi) is 16.6. The molecular formula is C25H50NO2+. The molecule has 166 valence electrons. The molecule has 1 atom stereocenters. The summed E-state index contributed by atoms with van der Waals surface area (Å²) in [5, 5.41) is 0. The molecule has 0 aromatic carbocycles. The van der Waals surface area contributed by atoms with Gasteiger partial charge in [0.25, 0.3) is 0 Å². The van der Waals surface area contributed by atoms with Gasteiger partial charge in [-0.3, -0.25) is 4.48 Å². The summed E-state index contributed by atoms with van der Waals surface area (Å²) in [5.74, 6) is -0.282. The van der Waals surface area contributed by atoms with E-state index in [2.05, 4.69) is 27.6 Å². The lowest BCUT2D eigenvalue weighted by atomic mass is 10.0. The van der Waals surface area contributed by atoms with Crippen LogP contribution in [0.4, 0.5) is 0 Å². The lowest BCUT2D eigenvalue weighted by Gasteiger charge is -2.35. The molecule has 0 saturated heterocycles. The number of unbranched alkanes of at least 4 members (excludes halogenated alkanes) is 14. The van der Waals surface area contributed by atoms with Crippen LogP contribution in [-0.2, 0) is 9.53 Å². The zero-order valence-corrected chi connectivity index (χ0v) is 19.9. The van der Waals surface area contributed by atoms with Gasteiger partial charge in [-0.2, -0.15) is 0 Å². The summed E-state index contributed by atoms with van der Waals surface area (Å²) in [6.07, 6.45) is 20.7. The molecule has 0 N–H and O–H groups in total. The third-order valence-corrected chi connectivity index (χ3v) is 5.95. The van der Waals surface area contributed by atoms with Crippen molar-refractivity contribution in [1.29, 1.82) is 0 Å². The molecular weight excluding hydrogens is 346 g/mol. The molecule has 0 aliphatic rings. The smallest absolute Gasteiger partial charge is 0.337 e. The van der Waals surface area contributed by atoms with E-state index in [1.807, 2.05) is 6.92 Å². The number of quaternary nitrogens is 1. The normalized spacial score (nSPS) is 12.8. The molecule has 0 radical (unpaired) electrons. The average molecular weight is 397 g/mol. The Hall–Kier alpha value is -0.830. The van der Waals surface area contributed by atoms with Gasteiger partial charge in [0.2, 0.25) is 6.23 Å².